The van der Waals surface area contributed by atoms with Crippen LogP contribution in [0.1, 0.15) is 0 Å². The van der Waals surface area contributed by atoms with Crippen molar-refractivity contribution in [3.63, 3.8) is 0 Å². The molecular formula is C60H40N2S. The molecule has 12 aromatic rings. The van der Waals surface area contributed by atoms with Crippen molar-refractivity contribution in [3.8, 4) is 50.2 Å². The number of anilines is 3. The summed E-state index contributed by atoms with van der Waals surface area (Å²) in [6, 6.07) is 88.4. The zero-order valence-electron chi connectivity index (χ0n) is 34.4. The Morgan fingerprint density at radius 1 is 0.333 bits per heavy atom. The van der Waals surface area contributed by atoms with Gasteiger partial charge in [-0.2, -0.15) is 0 Å². The van der Waals surface area contributed by atoms with E-state index in [0.717, 1.165) is 22.7 Å². The SMILES string of the molecule is c1ccc(-c2cccc(-c3cccc(N(c4cccc(-c5ccccc5)c4)c4ccc(-c5cccc(-n6c7ccccc7c7ccccc76)c5)c5sc6ccccc6c45)c3)c2)cc1. The van der Waals surface area contributed by atoms with Crippen LogP contribution in [0.4, 0.5) is 17.1 Å². The van der Waals surface area contributed by atoms with Gasteiger partial charge in [0.15, 0.2) is 0 Å². The number of nitrogens with zero attached hydrogens (tertiary/aromatic N) is 2. The molecule has 0 unspecified atom stereocenters. The zero-order chi connectivity index (χ0) is 41.7. The maximum absolute atomic E-state index is 2.47. The maximum atomic E-state index is 2.47. The molecule has 0 saturated heterocycles. The third kappa shape index (κ3) is 6.50. The Hall–Kier alpha value is -7.98. The first-order valence-electron chi connectivity index (χ1n) is 21.5. The number of aromatic nitrogens is 1. The van der Waals surface area contributed by atoms with Crippen LogP contribution in [0.3, 0.4) is 0 Å². The van der Waals surface area contributed by atoms with Crippen molar-refractivity contribution in [3.05, 3.63) is 243 Å². The topological polar surface area (TPSA) is 8.17 Å². The summed E-state index contributed by atoms with van der Waals surface area (Å²) in [5.41, 5.74) is 16.5. The van der Waals surface area contributed by atoms with E-state index in [2.05, 4.69) is 252 Å². The van der Waals surface area contributed by atoms with E-state index in [0.29, 0.717) is 0 Å². The minimum Gasteiger partial charge on any atom is -0.310 e. The molecule has 0 aliphatic carbocycles. The van der Waals surface area contributed by atoms with Crippen LogP contribution >= 0.6 is 11.3 Å². The van der Waals surface area contributed by atoms with Crippen LogP contribution in [-0.4, -0.2) is 4.57 Å². The summed E-state index contributed by atoms with van der Waals surface area (Å²) < 4.78 is 4.95. The van der Waals surface area contributed by atoms with Crippen LogP contribution in [0.2, 0.25) is 0 Å². The molecule has 296 valence electrons. The van der Waals surface area contributed by atoms with Crippen molar-refractivity contribution in [1.29, 1.82) is 0 Å². The van der Waals surface area contributed by atoms with Gasteiger partial charge >= 0.3 is 0 Å². The third-order valence-electron chi connectivity index (χ3n) is 12.4. The third-order valence-corrected chi connectivity index (χ3v) is 13.6. The molecule has 0 bridgehead atoms. The molecule has 10 aromatic carbocycles. The van der Waals surface area contributed by atoms with Gasteiger partial charge in [0.1, 0.15) is 0 Å². The Labute approximate surface area is 370 Å². The molecule has 0 atom stereocenters. The molecule has 0 N–H and O–H groups in total. The molecule has 0 radical (unpaired) electrons. The van der Waals surface area contributed by atoms with Gasteiger partial charge in [0, 0.05) is 48.0 Å². The summed E-state index contributed by atoms with van der Waals surface area (Å²) in [4.78, 5) is 2.47. The number of hydrogen-bond acceptors (Lipinski definition) is 2. The van der Waals surface area contributed by atoms with Crippen LogP contribution in [0.15, 0.2) is 243 Å². The van der Waals surface area contributed by atoms with Crippen molar-refractivity contribution >= 4 is 70.4 Å². The second-order valence-electron chi connectivity index (χ2n) is 16.1. The molecule has 63 heavy (non-hydrogen) atoms. The quantitative estimate of drug-likeness (QED) is 0.148. The fourth-order valence-electron chi connectivity index (χ4n) is 9.45. The molecular weight excluding hydrogens is 781 g/mol. The molecule has 3 heteroatoms. The Kier molecular flexibility index (Phi) is 9.06. The van der Waals surface area contributed by atoms with Gasteiger partial charge in [0.25, 0.3) is 0 Å². The van der Waals surface area contributed by atoms with Crippen molar-refractivity contribution in [1.82, 2.24) is 4.57 Å². The highest BCUT2D eigenvalue weighted by molar-refractivity contribution is 7.26. The molecule has 0 spiro atoms. The first-order chi connectivity index (χ1) is 31.2. The normalized spacial score (nSPS) is 11.5. The van der Waals surface area contributed by atoms with E-state index in [4.69, 9.17) is 0 Å². The summed E-state index contributed by atoms with van der Waals surface area (Å²) in [6.45, 7) is 0. The number of para-hydroxylation sites is 2. The molecule has 2 heterocycles. The fourth-order valence-corrected chi connectivity index (χ4v) is 10.7. The van der Waals surface area contributed by atoms with Crippen molar-refractivity contribution in [2.24, 2.45) is 0 Å². The van der Waals surface area contributed by atoms with Crippen LogP contribution in [-0.2, 0) is 0 Å². The molecule has 12 rings (SSSR count). The Balaban J connectivity index is 1.06. The molecule has 2 aromatic heterocycles. The van der Waals surface area contributed by atoms with Gasteiger partial charge in [-0.3, -0.25) is 0 Å². The number of benzene rings is 10. The molecule has 0 saturated carbocycles. The van der Waals surface area contributed by atoms with E-state index in [9.17, 15) is 0 Å². The van der Waals surface area contributed by atoms with E-state index in [-0.39, 0.29) is 0 Å². The molecule has 0 fully saturated rings. The highest BCUT2D eigenvalue weighted by Gasteiger charge is 2.22. The summed E-state index contributed by atoms with van der Waals surface area (Å²) in [5.74, 6) is 0. The second kappa shape index (κ2) is 15.5. The predicted molar refractivity (Wildman–Crippen MR) is 270 cm³/mol. The van der Waals surface area contributed by atoms with E-state index < -0.39 is 0 Å². The summed E-state index contributed by atoms with van der Waals surface area (Å²) in [6.07, 6.45) is 0. The fraction of sp³-hybridized carbons (Fsp3) is 0. The van der Waals surface area contributed by atoms with E-state index >= 15 is 0 Å². The summed E-state index contributed by atoms with van der Waals surface area (Å²) in [5, 5.41) is 5.03. The van der Waals surface area contributed by atoms with Crippen molar-refractivity contribution < 1.29 is 0 Å². The highest BCUT2D eigenvalue weighted by Crippen LogP contribution is 2.49. The lowest BCUT2D eigenvalue weighted by Gasteiger charge is -2.28. The van der Waals surface area contributed by atoms with Gasteiger partial charge < -0.3 is 9.47 Å². The minimum absolute atomic E-state index is 1.10. The van der Waals surface area contributed by atoms with Crippen LogP contribution in [0, 0.1) is 0 Å². The number of fused-ring (bicyclic) bond motifs is 6. The summed E-state index contributed by atoms with van der Waals surface area (Å²) in [7, 11) is 0. The second-order valence-corrected chi connectivity index (χ2v) is 17.2. The van der Waals surface area contributed by atoms with Crippen LogP contribution in [0.25, 0.3) is 92.2 Å². The molecule has 0 amide bonds. The Morgan fingerprint density at radius 3 is 1.46 bits per heavy atom. The predicted octanol–water partition coefficient (Wildman–Crippen LogP) is 17.3. The van der Waals surface area contributed by atoms with Gasteiger partial charge in [-0.05, 0) is 111 Å². The van der Waals surface area contributed by atoms with Crippen molar-refractivity contribution in [2.75, 3.05) is 4.90 Å². The number of rotatable bonds is 8. The van der Waals surface area contributed by atoms with Gasteiger partial charge in [0.05, 0.1) is 16.7 Å². The standard InChI is InChI=1S/C60H40N2S/c1-3-17-41(18-4-1)43-21-13-22-44(37-43)46-24-15-27-49(39-46)61(48-26-14-23-45(38-48)42-19-5-2-6-20-42)57-36-35-51(60-59(57)54-31-9-12-34-58(54)63-60)47-25-16-28-50(40-47)62-55-32-10-7-29-52(55)53-30-8-11-33-56(53)62/h1-40H. The molecule has 0 aliphatic heterocycles. The lowest BCUT2D eigenvalue weighted by molar-refractivity contribution is 1.18. The van der Waals surface area contributed by atoms with Crippen LogP contribution in [0.5, 0.6) is 0 Å². The molecule has 0 aliphatic rings. The summed E-state index contributed by atoms with van der Waals surface area (Å²) >= 11 is 1.88. The van der Waals surface area contributed by atoms with E-state index in [1.807, 2.05) is 11.3 Å². The van der Waals surface area contributed by atoms with Crippen molar-refractivity contribution in [2.45, 2.75) is 0 Å². The monoisotopic (exact) mass is 820 g/mol. The van der Waals surface area contributed by atoms with Gasteiger partial charge in [0.2, 0.25) is 0 Å². The maximum Gasteiger partial charge on any atom is 0.0555 e. The molecule has 2 nitrogen and oxygen atoms in total. The average Bonchev–Trinajstić information content (AvgIpc) is 3.92. The highest BCUT2D eigenvalue weighted by atomic mass is 32.1. The lowest BCUT2D eigenvalue weighted by atomic mass is 9.97. The van der Waals surface area contributed by atoms with E-state index in [1.165, 1.54) is 86.5 Å². The minimum atomic E-state index is 1.10. The number of thiophene rings is 1. The van der Waals surface area contributed by atoms with Gasteiger partial charge in [-0.15, -0.1) is 11.3 Å². The Morgan fingerprint density at radius 2 is 0.810 bits per heavy atom. The first-order valence-corrected chi connectivity index (χ1v) is 22.3. The largest absolute Gasteiger partial charge is 0.310 e. The Bertz CT molecular complexity index is 3580. The van der Waals surface area contributed by atoms with Crippen LogP contribution < -0.4 is 4.90 Å². The smallest absolute Gasteiger partial charge is 0.0555 e. The average molecular weight is 821 g/mol. The zero-order valence-corrected chi connectivity index (χ0v) is 35.2. The van der Waals surface area contributed by atoms with Gasteiger partial charge in [-0.25, -0.2) is 0 Å². The number of hydrogen-bond donors (Lipinski definition) is 0. The first kappa shape index (κ1) is 36.8. The lowest BCUT2D eigenvalue weighted by Crippen LogP contribution is -2.10. The van der Waals surface area contributed by atoms with E-state index in [1.54, 1.807) is 0 Å². The van der Waals surface area contributed by atoms with Gasteiger partial charge in [-0.1, -0.05) is 176 Å².